The van der Waals surface area contributed by atoms with Crippen LogP contribution in [0.4, 0.5) is 0 Å². The highest BCUT2D eigenvalue weighted by atomic mass is 31.2. The number of aliphatic hydroxyl groups excluding tert-OH is 2. The van der Waals surface area contributed by atoms with Crippen LogP contribution in [0.25, 0.3) is 0 Å². The minimum Gasteiger partial charge on any atom is -0.462 e. The Morgan fingerprint density at radius 2 is 1.21 bits per heavy atom. The second kappa shape index (κ2) is 35.5. The molecule has 1 aliphatic heterocycles. The third kappa shape index (κ3) is 32.5. The van der Waals surface area contributed by atoms with Crippen LogP contribution in [0.2, 0.25) is 0 Å². The van der Waals surface area contributed by atoms with Crippen LogP contribution in [0.1, 0.15) is 142 Å². The first kappa shape index (κ1) is 51.4. The molecule has 1 rings (SSSR count). The zero-order valence-corrected chi connectivity index (χ0v) is 35.2. The third-order valence-corrected chi connectivity index (χ3v) is 9.72. The number of phosphoric acid groups is 1. The molecule has 3 unspecified atom stereocenters. The maximum atomic E-state index is 12.6. The molecule has 1 fully saturated rings. The first-order valence-electron chi connectivity index (χ1n) is 21.0. The van der Waals surface area contributed by atoms with Crippen molar-refractivity contribution in [1.29, 1.82) is 0 Å². The van der Waals surface area contributed by atoms with Gasteiger partial charge in [0.2, 0.25) is 0 Å². The number of ether oxygens (including phenoxy) is 3. The maximum Gasteiger partial charge on any atom is 0.472 e. The summed E-state index contributed by atoms with van der Waals surface area (Å²) in [6.45, 7) is 2.11. The average Bonchev–Trinajstić information content (AvgIpc) is 3.94. The summed E-state index contributed by atoms with van der Waals surface area (Å²) in [5, 5.41) is 18.3. The molecule has 3 N–H and O–H groups in total. The van der Waals surface area contributed by atoms with Crippen LogP contribution in [0, 0.1) is 0 Å². The lowest BCUT2D eigenvalue weighted by atomic mass is 10.1. The Morgan fingerprint density at radius 3 is 1.86 bits per heavy atom. The summed E-state index contributed by atoms with van der Waals surface area (Å²) in [5.74, 6) is -1.03. The van der Waals surface area contributed by atoms with E-state index in [1.807, 2.05) is 0 Å². The molecule has 0 aliphatic carbocycles. The van der Waals surface area contributed by atoms with Gasteiger partial charge >= 0.3 is 19.8 Å². The van der Waals surface area contributed by atoms with Crippen molar-refractivity contribution >= 4 is 19.8 Å². The van der Waals surface area contributed by atoms with E-state index in [1.54, 1.807) is 0 Å². The Hall–Kier alpha value is -2.63. The molecule has 0 amide bonds. The lowest BCUT2D eigenvalue weighted by molar-refractivity contribution is -0.161. The number of hydrogen-bond acceptors (Lipinski definition) is 10. The summed E-state index contributed by atoms with van der Waals surface area (Å²) in [7, 11) is -4.65. The van der Waals surface area contributed by atoms with E-state index < -0.39 is 51.8 Å². The van der Waals surface area contributed by atoms with Crippen LogP contribution in [0.3, 0.4) is 0 Å². The van der Waals surface area contributed by atoms with Crippen molar-refractivity contribution < 1.29 is 52.5 Å². The molecule has 0 radical (unpaired) electrons. The van der Waals surface area contributed by atoms with Crippen LogP contribution >= 0.6 is 7.82 Å². The molecule has 5 atom stereocenters. The molecule has 0 spiro atoms. The second-order valence-electron chi connectivity index (χ2n) is 14.0. The van der Waals surface area contributed by atoms with Crippen molar-refractivity contribution in [1.82, 2.24) is 0 Å². The first-order valence-corrected chi connectivity index (χ1v) is 22.5. The second-order valence-corrected chi connectivity index (χ2v) is 15.5. The minimum absolute atomic E-state index is 0.110. The number of epoxide rings is 1. The number of hydrogen-bond donors (Lipinski definition) is 3. The molecular formula is C44H73O11P. The van der Waals surface area contributed by atoms with Gasteiger partial charge in [0.25, 0.3) is 0 Å². The molecule has 1 aliphatic rings. The van der Waals surface area contributed by atoms with Crippen molar-refractivity contribution in [2.45, 2.75) is 167 Å². The van der Waals surface area contributed by atoms with Crippen molar-refractivity contribution in [2.75, 3.05) is 26.4 Å². The van der Waals surface area contributed by atoms with E-state index >= 15 is 0 Å². The van der Waals surface area contributed by atoms with E-state index in [0.717, 1.165) is 83.5 Å². The Morgan fingerprint density at radius 1 is 0.661 bits per heavy atom. The predicted molar refractivity (Wildman–Crippen MR) is 223 cm³/mol. The molecule has 11 nitrogen and oxygen atoms in total. The van der Waals surface area contributed by atoms with Gasteiger partial charge < -0.3 is 29.3 Å². The zero-order chi connectivity index (χ0) is 41.0. The minimum atomic E-state index is -4.65. The van der Waals surface area contributed by atoms with Crippen LogP contribution < -0.4 is 0 Å². The quantitative estimate of drug-likeness (QED) is 0.0180. The van der Waals surface area contributed by atoms with Crippen molar-refractivity contribution in [3.8, 4) is 0 Å². The summed E-state index contributed by atoms with van der Waals surface area (Å²) in [4.78, 5) is 35.1. The van der Waals surface area contributed by atoms with Gasteiger partial charge in [-0.15, -0.1) is 0 Å². The molecule has 0 bridgehead atoms. The fourth-order valence-corrected chi connectivity index (χ4v) is 6.24. The largest absolute Gasteiger partial charge is 0.472 e. The molecule has 0 aromatic carbocycles. The average molecular weight is 809 g/mol. The fraction of sp³-hybridized carbons (Fsp3) is 0.682. The van der Waals surface area contributed by atoms with Crippen LogP contribution in [-0.4, -0.2) is 77.9 Å². The van der Waals surface area contributed by atoms with Gasteiger partial charge in [-0.05, 0) is 83.5 Å². The zero-order valence-electron chi connectivity index (χ0n) is 34.3. The predicted octanol–water partition coefficient (Wildman–Crippen LogP) is 9.87. The monoisotopic (exact) mass is 808 g/mol. The molecule has 1 saturated heterocycles. The number of carbonyl (C=O) groups is 2. The van der Waals surface area contributed by atoms with Gasteiger partial charge in [-0.2, -0.15) is 0 Å². The summed E-state index contributed by atoms with van der Waals surface area (Å²) in [6.07, 6.45) is 41.7. The van der Waals surface area contributed by atoms with Gasteiger partial charge in [-0.25, -0.2) is 4.57 Å². The molecule has 0 aromatic heterocycles. The summed E-state index contributed by atoms with van der Waals surface area (Å²) < 4.78 is 38.4. The molecule has 320 valence electrons. The standard InChI is InChI=1S/C44H73O11P/c1-3-5-7-9-11-13-15-17-18-19-21-23-25-27-29-33-44(48)54-40(38-53-56(49,50)52-36-39(46)35-45)37-51-43(47)34-30-32-42-41(55-42)31-28-26-24-22-20-16-14-12-10-8-6-4-2/h5,7,11-14,17-18,20,22,26,28,39-42,45-46H,3-4,6,8-10,15-16,19,21,23-25,27,29-38H2,1-2H3,(H,49,50)/b7-5-,13-11-,14-12-,18-17-,22-20-,28-26-/t39-,40+,41?,42?/m0/s1. The Kier molecular flexibility index (Phi) is 32.6. The first-order chi connectivity index (χ1) is 27.2. The number of unbranched alkanes of at least 4 members (excludes halogenated alkanes) is 8. The molecule has 0 saturated carbocycles. The van der Waals surface area contributed by atoms with Crippen LogP contribution in [0.15, 0.2) is 72.9 Å². The molecule has 56 heavy (non-hydrogen) atoms. The number of carbonyl (C=O) groups excluding carboxylic acids is 2. The topological polar surface area (TPSA) is 161 Å². The SMILES string of the molecule is CC/C=C\C/C=C\C/C=C\CCCCCCCC(=O)O[C@H](COC(=O)CCCC1OC1C/C=C\C/C=C\C/C=C\CCCCC)COP(=O)(O)OC[C@@H](O)CO. The number of esters is 2. The molecule has 1 heterocycles. The fourth-order valence-electron chi connectivity index (χ4n) is 5.45. The van der Waals surface area contributed by atoms with Gasteiger partial charge in [-0.1, -0.05) is 119 Å². The van der Waals surface area contributed by atoms with Crippen molar-refractivity contribution in [3.63, 3.8) is 0 Å². The van der Waals surface area contributed by atoms with Gasteiger partial charge in [0, 0.05) is 12.8 Å². The lowest BCUT2D eigenvalue weighted by Crippen LogP contribution is -2.29. The number of phosphoric ester groups is 1. The van der Waals surface area contributed by atoms with Gasteiger partial charge in [0.15, 0.2) is 6.10 Å². The molecule has 0 aromatic rings. The van der Waals surface area contributed by atoms with E-state index in [4.69, 9.17) is 23.8 Å². The van der Waals surface area contributed by atoms with Gasteiger partial charge in [0.1, 0.15) is 12.7 Å². The van der Waals surface area contributed by atoms with Crippen LogP contribution in [-0.2, 0) is 37.4 Å². The molecular weight excluding hydrogens is 735 g/mol. The maximum absolute atomic E-state index is 12.6. The summed E-state index contributed by atoms with van der Waals surface area (Å²) >= 11 is 0. The Labute approximate surface area is 337 Å². The number of aliphatic hydroxyl groups is 2. The van der Waals surface area contributed by atoms with Gasteiger partial charge in [0.05, 0.1) is 32.0 Å². The number of rotatable bonds is 37. The summed E-state index contributed by atoms with van der Waals surface area (Å²) in [6, 6.07) is 0. The highest BCUT2D eigenvalue weighted by Crippen LogP contribution is 2.43. The lowest BCUT2D eigenvalue weighted by Gasteiger charge is -2.20. The van der Waals surface area contributed by atoms with Crippen molar-refractivity contribution in [3.05, 3.63) is 72.9 Å². The van der Waals surface area contributed by atoms with E-state index in [2.05, 4.69) is 91.3 Å². The number of allylic oxidation sites excluding steroid dienone is 11. The van der Waals surface area contributed by atoms with E-state index in [-0.39, 0.29) is 31.7 Å². The van der Waals surface area contributed by atoms with E-state index in [9.17, 15) is 24.2 Å². The smallest absolute Gasteiger partial charge is 0.462 e. The Balaban J connectivity index is 2.34. The van der Waals surface area contributed by atoms with Crippen molar-refractivity contribution in [2.24, 2.45) is 0 Å². The molecule has 12 heteroatoms. The van der Waals surface area contributed by atoms with Gasteiger partial charge in [-0.3, -0.25) is 18.6 Å². The normalized spacial score (nSPS) is 18.2. The van der Waals surface area contributed by atoms with E-state index in [1.165, 1.54) is 19.3 Å². The highest BCUT2D eigenvalue weighted by molar-refractivity contribution is 7.47. The van der Waals surface area contributed by atoms with Crippen LogP contribution in [0.5, 0.6) is 0 Å². The summed E-state index contributed by atoms with van der Waals surface area (Å²) in [5.41, 5.74) is 0. The highest BCUT2D eigenvalue weighted by Gasteiger charge is 2.36. The van der Waals surface area contributed by atoms with E-state index in [0.29, 0.717) is 12.8 Å². The third-order valence-electron chi connectivity index (χ3n) is 8.77. The Bertz CT molecular complexity index is 1230.